The lowest BCUT2D eigenvalue weighted by atomic mass is 9.98. The molecular formula is C32H44N4. The van der Waals surface area contributed by atoms with Gasteiger partial charge in [0.15, 0.2) is 0 Å². The van der Waals surface area contributed by atoms with E-state index in [2.05, 4.69) is 75.3 Å². The van der Waals surface area contributed by atoms with Crippen LogP contribution in [0.25, 0.3) is 0 Å². The van der Waals surface area contributed by atoms with Crippen molar-refractivity contribution in [1.29, 1.82) is 0 Å². The molecule has 0 atom stereocenters. The van der Waals surface area contributed by atoms with Gasteiger partial charge in [0.05, 0.1) is 0 Å². The predicted molar refractivity (Wildman–Crippen MR) is 151 cm³/mol. The first-order valence-electron chi connectivity index (χ1n) is 14.1. The second-order valence-corrected chi connectivity index (χ2v) is 10.9. The van der Waals surface area contributed by atoms with Gasteiger partial charge in [-0.25, -0.2) is 0 Å². The molecule has 0 amide bonds. The monoisotopic (exact) mass is 484 g/mol. The van der Waals surface area contributed by atoms with Crippen molar-refractivity contribution in [2.45, 2.75) is 107 Å². The molecule has 0 radical (unpaired) electrons. The van der Waals surface area contributed by atoms with Gasteiger partial charge in [-0.3, -0.25) is 0 Å². The van der Waals surface area contributed by atoms with E-state index in [1.165, 1.54) is 90.1 Å². The molecule has 0 fully saturated rings. The highest BCUT2D eigenvalue weighted by atomic mass is 14.8. The largest absolute Gasteiger partial charge is 0.361 e. The Morgan fingerprint density at radius 1 is 0.361 bits per heavy atom. The molecule has 4 heteroatoms. The van der Waals surface area contributed by atoms with Crippen molar-refractivity contribution >= 4 is 0 Å². The van der Waals surface area contributed by atoms with E-state index in [1.807, 2.05) is 0 Å². The van der Waals surface area contributed by atoms with E-state index in [1.54, 1.807) is 0 Å². The number of hydrogen-bond acceptors (Lipinski definition) is 0. The number of nitrogens with one attached hydrogen (secondary N) is 4. The molecule has 4 nitrogen and oxygen atoms in total. The minimum Gasteiger partial charge on any atom is -0.361 e. The van der Waals surface area contributed by atoms with Gasteiger partial charge in [-0.1, -0.05) is 27.7 Å². The predicted octanol–water partition coefficient (Wildman–Crippen LogP) is 7.16. The van der Waals surface area contributed by atoms with Gasteiger partial charge < -0.3 is 19.9 Å². The van der Waals surface area contributed by atoms with Gasteiger partial charge >= 0.3 is 0 Å². The average Bonchev–Trinajstić information content (AvgIpc) is 3.51. The van der Waals surface area contributed by atoms with E-state index in [0.29, 0.717) is 0 Å². The lowest BCUT2D eigenvalue weighted by Gasteiger charge is -2.05. The Labute approximate surface area is 216 Å². The SMILES string of the molecule is CCc1c2[nH]c(c1C)Cc1[nH]c(c(CC)c1C)Cc1[nH]c(c(CC)c1C)Cc1[nH]c(c(C)c1CC)C2. The van der Waals surface area contributed by atoms with E-state index >= 15 is 0 Å². The molecule has 0 unspecified atom stereocenters. The van der Waals surface area contributed by atoms with Crippen LogP contribution in [0, 0.1) is 27.7 Å². The third-order valence-corrected chi connectivity index (χ3v) is 9.11. The quantitative estimate of drug-likeness (QED) is 0.209. The summed E-state index contributed by atoms with van der Waals surface area (Å²) in [6.07, 6.45) is 7.99. The maximum absolute atomic E-state index is 3.90. The molecule has 5 heterocycles. The summed E-state index contributed by atoms with van der Waals surface area (Å²) in [5.74, 6) is 0. The second kappa shape index (κ2) is 9.53. The third kappa shape index (κ3) is 3.90. The Hall–Kier alpha value is -2.88. The zero-order valence-electron chi connectivity index (χ0n) is 23.7. The average molecular weight is 485 g/mol. The topological polar surface area (TPSA) is 63.2 Å². The summed E-state index contributed by atoms with van der Waals surface area (Å²) in [4.78, 5) is 15.6. The Morgan fingerprint density at radius 3 is 0.778 bits per heavy atom. The Bertz CT molecular complexity index is 1310. The van der Waals surface area contributed by atoms with Crippen molar-refractivity contribution in [3.05, 3.63) is 90.1 Å². The fourth-order valence-electron chi connectivity index (χ4n) is 6.97. The summed E-state index contributed by atoms with van der Waals surface area (Å²) in [5, 5.41) is 0. The van der Waals surface area contributed by atoms with Gasteiger partial charge in [0, 0.05) is 71.2 Å². The van der Waals surface area contributed by atoms with Gasteiger partial charge in [0.2, 0.25) is 0 Å². The highest BCUT2D eigenvalue weighted by molar-refractivity contribution is 5.48. The zero-order chi connectivity index (χ0) is 25.7. The zero-order valence-corrected chi connectivity index (χ0v) is 23.7. The maximum Gasteiger partial charge on any atom is 0.0284 e. The molecule has 1 aliphatic heterocycles. The number of aromatic amines is 4. The van der Waals surface area contributed by atoms with Gasteiger partial charge in [-0.15, -0.1) is 0 Å². The van der Waals surface area contributed by atoms with E-state index in [0.717, 1.165) is 51.4 Å². The fraction of sp³-hybridized carbons (Fsp3) is 0.500. The van der Waals surface area contributed by atoms with E-state index < -0.39 is 0 Å². The minimum atomic E-state index is 0.933. The second-order valence-electron chi connectivity index (χ2n) is 10.9. The smallest absolute Gasteiger partial charge is 0.0284 e. The lowest BCUT2D eigenvalue weighted by Crippen LogP contribution is -1.99. The van der Waals surface area contributed by atoms with Crippen LogP contribution in [0.1, 0.15) is 118 Å². The summed E-state index contributed by atoms with van der Waals surface area (Å²) in [6.45, 7) is 18.4. The third-order valence-electron chi connectivity index (χ3n) is 9.11. The molecule has 4 aromatic rings. The number of fused-ring (bicyclic) bond motifs is 8. The van der Waals surface area contributed by atoms with Crippen molar-refractivity contribution in [3.63, 3.8) is 0 Å². The van der Waals surface area contributed by atoms with Crippen molar-refractivity contribution in [2.75, 3.05) is 0 Å². The first-order valence-corrected chi connectivity index (χ1v) is 14.1. The van der Waals surface area contributed by atoms with Crippen LogP contribution in [0.2, 0.25) is 0 Å². The van der Waals surface area contributed by atoms with Crippen LogP contribution in [0.4, 0.5) is 0 Å². The molecule has 5 rings (SSSR count). The normalized spacial score (nSPS) is 13.6. The van der Waals surface area contributed by atoms with Crippen LogP contribution in [-0.2, 0) is 51.4 Å². The highest BCUT2D eigenvalue weighted by Gasteiger charge is 2.23. The van der Waals surface area contributed by atoms with Crippen molar-refractivity contribution < 1.29 is 0 Å². The first-order chi connectivity index (χ1) is 17.3. The van der Waals surface area contributed by atoms with Crippen LogP contribution in [0.15, 0.2) is 0 Å². The molecule has 192 valence electrons. The van der Waals surface area contributed by atoms with Gasteiger partial charge in [-0.2, -0.15) is 0 Å². The highest BCUT2D eigenvalue weighted by Crippen LogP contribution is 2.32. The molecule has 4 N–H and O–H groups in total. The number of rotatable bonds is 4. The van der Waals surface area contributed by atoms with Gasteiger partial charge in [-0.05, 0) is 97.9 Å². The summed E-state index contributed by atoms with van der Waals surface area (Å²) in [7, 11) is 0. The fourth-order valence-corrected chi connectivity index (χ4v) is 6.97. The Kier molecular flexibility index (Phi) is 6.57. The van der Waals surface area contributed by atoms with E-state index in [-0.39, 0.29) is 0 Å². The summed E-state index contributed by atoms with van der Waals surface area (Å²) in [5.41, 5.74) is 22.7. The van der Waals surface area contributed by atoms with E-state index in [4.69, 9.17) is 0 Å². The summed E-state index contributed by atoms with van der Waals surface area (Å²) < 4.78 is 0. The van der Waals surface area contributed by atoms with Gasteiger partial charge in [0.1, 0.15) is 0 Å². The van der Waals surface area contributed by atoms with Crippen LogP contribution in [-0.4, -0.2) is 19.9 Å². The Morgan fingerprint density at radius 2 is 0.556 bits per heavy atom. The molecule has 0 aromatic carbocycles. The van der Waals surface area contributed by atoms with Crippen molar-refractivity contribution in [2.24, 2.45) is 0 Å². The molecular weight excluding hydrogens is 440 g/mol. The molecule has 0 saturated heterocycles. The van der Waals surface area contributed by atoms with Crippen molar-refractivity contribution in [3.8, 4) is 0 Å². The maximum atomic E-state index is 3.90. The molecule has 4 aromatic heterocycles. The lowest BCUT2D eigenvalue weighted by molar-refractivity contribution is 0.922. The summed E-state index contributed by atoms with van der Waals surface area (Å²) >= 11 is 0. The number of H-pyrrole nitrogens is 4. The van der Waals surface area contributed by atoms with Crippen LogP contribution < -0.4 is 0 Å². The number of hydrogen-bond donors (Lipinski definition) is 4. The van der Waals surface area contributed by atoms with Crippen LogP contribution in [0.5, 0.6) is 0 Å². The van der Waals surface area contributed by atoms with E-state index in [9.17, 15) is 0 Å². The first kappa shape index (κ1) is 24.8. The van der Waals surface area contributed by atoms with Crippen LogP contribution in [0.3, 0.4) is 0 Å². The van der Waals surface area contributed by atoms with Crippen LogP contribution >= 0.6 is 0 Å². The number of aromatic nitrogens is 4. The molecule has 0 spiro atoms. The minimum absolute atomic E-state index is 0.933. The van der Waals surface area contributed by atoms with Crippen molar-refractivity contribution in [1.82, 2.24) is 19.9 Å². The molecule has 36 heavy (non-hydrogen) atoms. The molecule has 1 aliphatic rings. The molecule has 8 bridgehead atoms. The Balaban J connectivity index is 1.73. The summed E-state index contributed by atoms with van der Waals surface area (Å²) in [6, 6.07) is 0. The molecule has 0 aliphatic carbocycles. The molecule has 0 saturated carbocycles. The van der Waals surface area contributed by atoms with Gasteiger partial charge in [0.25, 0.3) is 0 Å². The standard InChI is InChI=1S/C32H44N4/c1-9-21-17(5)25-13-26-18(6)22(10-2)30(34-26)15-28-20(8)24(12-4)32(36-28)16-31-23(11-3)19(7)27(35-31)14-29(21)33-25/h33-36H,9-16H2,1-8H3.